The van der Waals surface area contributed by atoms with Crippen LogP contribution in [0.3, 0.4) is 0 Å². The van der Waals surface area contributed by atoms with Crippen molar-refractivity contribution in [2.75, 3.05) is 18.8 Å². The van der Waals surface area contributed by atoms with Crippen molar-refractivity contribution in [1.29, 1.82) is 0 Å². The van der Waals surface area contributed by atoms with Gasteiger partial charge in [-0.2, -0.15) is 0 Å². The predicted molar refractivity (Wildman–Crippen MR) is 206 cm³/mol. The normalized spacial score (nSPS) is 25.4. The van der Waals surface area contributed by atoms with Crippen molar-refractivity contribution in [3.8, 4) is 0 Å². The van der Waals surface area contributed by atoms with Gasteiger partial charge in [0.2, 0.25) is 17.6 Å². The summed E-state index contributed by atoms with van der Waals surface area (Å²) < 4.78 is 26.0. The third-order valence-electron chi connectivity index (χ3n) is 13.0. The van der Waals surface area contributed by atoms with Crippen molar-refractivity contribution in [1.82, 2.24) is 26.2 Å². The van der Waals surface area contributed by atoms with Crippen LogP contribution in [0, 0.1) is 29.1 Å². The fraction of sp³-hybridized carbons (Fsp3) is 0.683. The van der Waals surface area contributed by atoms with Gasteiger partial charge in [-0.1, -0.05) is 76.3 Å². The summed E-state index contributed by atoms with van der Waals surface area (Å²) in [5, 5.41) is 11.5. The highest BCUT2D eigenvalue weighted by molar-refractivity contribution is 7.92. The third-order valence-corrected chi connectivity index (χ3v) is 15.8. The van der Waals surface area contributed by atoms with Gasteiger partial charge in [0, 0.05) is 13.1 Å². The first-order chi connectivity index (χ1) is 25.4. The number of piperidine rings is 1. The number of benzene rings is 1. The highest BCUT2D eigenvalue weighted by Crippen LogP contribution is 2.65. The lowest BCUT2D eigenvalue weighted by molar-refractivity contribution is -0.144. The number of carbonyl (C=O) groups is 5. The van der Waals surface area contributed by atoms with Crippen molar-refractivity contribution in [2.45, 2.75) is 127 Å². The maximum Gasteiger partial charge on any atom is 0.315 e. The first-order valence-corrected chi connectivity index (χ1v) is 21.4. The number of Topliss-reactive ketones (excluding diaryl/α,β-unsaturated/α-hetero) is 1. The summed E-state index contributed by atoms with van der Waals surface area (Å²) in [6.45, 7) is 13.2. The van der Waals surface area contributed by atoms with Crippen molar-refractivity contribution in [3.63, 3.8) is 0 Å². The number of carbonyl (C=O) groups excluding carboxylic acids is 5. The molecule has 12 nitrogen and oxygen atoms in total. The van der Waals surface area contributed by atoms with Gasteiger partial charge in [0.25, 0.3) is 5.91 Å². The van der Waals surface area contributed by atoms with Crippen LogP contribution in [0.1, 0.15) is 97.1 Å². The van der Waals surface area contributed by atoms with E-state index < -0.39 is 61.9 Å². The van der Waals surface area contributed by atoms with E-state index in [1.807, 2.05) is 24.3 Å². The van der Waals surface area contributed by atoms with Gasteiger partial charge in [-0.15, -0.1) is 6.58 Å². The zero-order valence-electron chi connectivity index (χ0n) is 32.5. The number of likely N-dealkylation sites (tertiary alicyclic amines) is 1. The molecule has 0 spiro atoms. The van der Waals surface area contributed by atoms with Crippen molar-refractivity contribution in [2.24, 2.45) is 29.1 Å². The summed E-state index contributed by atoms with van der Waals surface area (Å²) in [7, 11) is -3.59. The minimum Gasteiger partial charge on any atom is -0.346 e. The van der Waals surface area contributed by atoms with Gasteiger partial charge in [0.05, 0.1) is 22.1 Å². The van der Waals surface area contributed by atoms with E-state index in [9.17, 15) is 32.4 Å². The number of hydrogen-bond acceptors (Lipinski definition) is 7. The largest absolute Gasteiger partial charge is 0.346 e. The second-order valence-electron chi connectivity index (χ2n) is 18.2. The van der Waals surface area contributed by atoms with Gasteiger partial charge in [-0.3, -0.25) is 19.2 Å². The molecule has 5 aliphatic rings. The summed E-state index contributed by atoms with van der Waals surface area (Å²) in [5.41, 5.74) is 1.01. The zero-order valence-corrected chi connectivity index (χ0v) is 33.4. The fourth-order valence-corrected chi connectivity index (χ4v) is 10.8. The molecule has 0 aromatic heterocycles. The van der Waals surface area contributed by atoms with E-state index in [1.54, 1.807) is 25.7 Å². The van der Waals surface area contributed by atoms with Crippen LogP contribution >= 0.6 is 0 Å². The van der Waals surface area contributed by atoms with E-state index in [0.29, 0.717) is 38.6 Å². The lowest BCUT2D eigenvalue weighted by Gasteiger charge is -2.40. The predicted octanol–water partition coefficient (Wildman–Crippen LogP) is 3.62. The van der Waals surface area contributed by atoms with Crippen LogP contribution < -0.4 is 21.3 Å². The van der Waals surface area contributed by atoms with Gasteiger partial charge in [-0.05, 0) is 93.1 Å². The maximum absolute atomic E-state index is 14.9. The van der Waals surface area contributed by atoms with E-state index >= 15 is 0 Å². The molecule has 5 amide bonds. The van der Waals surface area contributed by atoms with Gasteiger partial charge in [0.1, 0.15) is 12.1 Å². The number of rotatable bonds is 14. The first-order valence-electron chi connectivity index (χ1n) is 19.8. The minimum absolute atomic E-state index is 0.0500. The minimum atomic E-state index is -3.59. The SMILES string of the molecule is C=CCNC(=O)C(=O)C(CC1CC1)NC(=O)[C@@H]1[C@@H]2C(CN1C(=O)[C@@H](NC(=O)NC1(CS(=O)(=O)C(C)(C)C)CCCCC1)C1Cc3ccccc3C1)C2(C)C. The third kappa shape index (κ3) is 8.26. The van der Waals surface area contributed by atoms with Crippen molar-refractivity contribution >= 4 is 39.4 Å². The second kappa shape index (κ2) is 15.1. The summed E-state index contributed by atoms with van der Waals surface area (Å²) in [6, 6.07) is 4.45. The number of nitrogens with one attached hydrogen (secondary N) is 4. The molecule has 4 aliphatic carbocycles. The Morgan fingerprint density at radius 2 is 1.61 bits per heavy atom. The van der Waals surface area contributed by atoms with Crippen LogP contribution in [-0.2, 0) is 41.9 Å². The number of amides is 5. The van der Waals surface area contributed by atoms with Crippen LogP contribution in [-0.4, -0.2) is 90.1 Å². The molecular weight excluding hydrogens is 707 g/mol. The van der Waals surface area contributed by atoms with E-state index in [0.717, 1.165) is 43.2 Å². The fourth-order valence-electron chi connectivity index (χ4n) is 9.32. The molecule has 1 heterocycles. The van der Waals surface area contributed by atoms with Crippen LogP contribution in [0.5, 0.6) is 0 Å². The molecule has 2 unspecified atom stereocenters. The average molecular weight is 766 g/mol. The Bertz CT molecular complexity index is 1750. The van der Waals surface area contributed by atoms with Crippen LogP contribution in [0.25, 0.3) is 0 Å². The number of nitrogens with zero attached hydrogens (tertiary/aromatic N) is 1. The Labute approximate surface area is 320 Å². The molecular formula is C41H59N5O7S. The number of sulfone groups is 1. The number of fused-ring (bicyclic) bond motifs is 2. The number of urea groups is 1. The molecule has 4 fully saturated rings. The maximum atomic E-state index is 14.9. The van der Waals surface area contributed by atoms with E-state index in [1.165, 1.54) is 6.08 Å². The first kappa shape index (κ1) is 39.9. The Morgan fingerprint density at radius 1 is 0.981 bits per heavy atom. The topological polar surface area (TPSA) is 171 Å². The average Bonchev–Trinajstić information content (AvgIpc) is 3.86. The smallest absolute Gasteiger partial charge is 0.315 e. The van der Waals surface area contributed by atoms with Gasteiger partial charge < -0.3 is 26.2 Å². The Morgan fingerprint density at radius 3 is 2.19 bits per heavy atom. The quantitative estimate of drug-likeness (QED) is 0.166. The molecule has 5 atom stereocenters. The molecule has 54 heavy (non-hydrogen) atoms. The Kier molecular flexibility index (Phi) is 11.1. The second-order valence-corrected chi connectivity index (χ2v) is 21.0. The lowest BCUT2D eigenvalue weighted by Crippen LogP contribution is -2.63. The molecule has 0 radical (unpaired) electrons. The van der Waals surface area contributed by atoms with Crippen molar-refractivity contribution in [3.05, 3.63) is 48.0 Å². The molecule has 1 saturated heterocycles. The Hall–Kier alpha value is -3.74. The summed E-state index contributed by atoms with van der Waals surface area (Å²) in [5.74, 6) is -2.71. The highest BCUT2D eigenvalue weighted by atomic mass is 32.2. The van der Waals surface area contributed by atoms with Crippen LogP contribution in [0.2, 0.25) is 0 Å². The summed E-state index contributed by atoms with van der Waals surface area (Å²) >= 11 is 0. The standard InChI is InChI=1S/C41H59N5O7S/c1-7-19-42-36(49)34(47)30(20-25-15-16-25)43-35(48)33-31-29(40(31,5)6)23-46(33)37(50)32(28-21-26-13-9-10-14-27(26)22-28)44-38(51)45-41(17-11-8-12-18-41)24-54(52,53)39(2,3)4/h7,9-10,13-14,25,28-33H,1,8,11-12,15-24H2,2-6H3,(H,42,49)(H,43,48)(H2,44,45,51)/t29?,30?,31-,32-,33-/m0/s1. The molecule has 1 aromatic rings. The molecule has 1 aliphatic heterocycles. The molecule has 296 valence electrons. The van der Waals surface area contributed by atoms with E-state index in [4.69, 9.17) is 0 Å². The number of hydrogen-bond donors (Lipinski definition) is 4. The van der Waals surface area contributed by atoms with E-state index in [-0.39, 0.29) is 47.3 Å². The summed E-state index contributed by atoms with van der Waals surface area (Å²) in [4.78, 5) is 71.0. The molecule has 6 rings (SSSR count). The summed E-state index contributed by atoms with van der Waals surface area (Å²) in [6.07, 6.45) is 8.32. The highest BCUT2D eigenvalue weighted by Gasteiger charge is 2.70. The molecule has 0 bridgehead atoms. The molecule has 1 aromatic carbocycles. The monoisotopic (exact) mass is 765 g/mol. The zero-order chi connectivity index (χ0) is 39.2. The van der Waals surface area contributed by atoms with E-state index in [2.05, 4.69) is 41.7 Å². The van der Waals surface area contributed by atoms with Gasteiger partial charge >= 0.3 is 6.03 Å². The van der Waals surface area contributed by atoms with Crippen molar-refractivity contribution < 1.29 is 32.4 Å². The lowest BCUT2D eigenvalue weighted by atomic mass is 9.83. The molecule has 4 N–H and O–H groups in total. The number of ketones is 1. The molecule has 13 heteroatoms. The Balaban J connectivity index is 1.26. The molecule has 3 saturated carbocycles. The van der Waals surface area contributed by atoms with Crippen LogP contribution in [0.15, 0.2) is 36.9 Å². The van der Waals surface area contributed by atoms with Crippen LogP contribution in [0.4, 0.5) is 4.79 Å². The van der Waals surface area contributed by atoms with Gasteiger partial charge in [0.15, 0.2) is 9.84 Å². The van der Waals surface area contributed by atoms with Gasteiger partial charge in [-0.25, -0.2) is 13.2 Å².